The van der Waals surface area contributed by atoms with E-state index in [-0.39, 0.29) is 25.0 Å². The van der Waals surface area contributed by atoms with Crippen molar-refractivity contribution in [2.75, 3.05) is 63.2 Å². The van der Waals surface area contributed by atoms with Crippen molar-refractivity contribution in [3.63, 3.8) is 0 Å². The number of thioether (sulfide) groups is 2. The molecule has 1 aromatic heterocycles. The van der Waals surface area contributed by atoms with Crippen LogP contribution >= 0.6 is 23.5 Å². The first kappa shape index (κ1) is 30.5. The number of benzene rings is 2. The van der Waals surface area contributed by atoms with Gasteiger partial charge in [-0.15, -0.1) is 0 Å². The standard InChI is InChI=1S/C30H33N5O6S2/c1-5-31-22-10-8-19(32-26(36)18-39-4)15-23(22)33-30-35(17-21-7-6-12-40-21)28(37)27(43-30)29-34(2)24-16-20(41-14-13-38-3)9-11-25(24)42-29/h6-12,15-16,31H,5,13-14,17-18H2,1-4H3,(H,32,36)/b29-27-,33-30?. The lowest BCUT2D eigenvalue weighted by atomic mass is 10.2. The lowest BCUT2D eigenvalue weighted by Crippen LogP contribution is -2.29. The number of rotatable bonds is 12. The summed E-state index contributed by atoms with van der Waals surface area (Å²) in [7, 11) is 5.04. The molecule has 3 aromatic rings. The molecular weight excluding hydrogens is 590 g/mol. The van der Waals surface area contributed by atoms with Crippen molar-refractivity contribution in [1.29, 1.82) is 0 Å². The smallest absolute Gasteiger partial charge is 0.269 e. The van der Waals surface area contributed by atoms with Crippen molar-refractivity contribution in [2.24, 2.45) is 4.99 Å². The van der Waals surface area contributed by atoms with Crippen molar-refractivity contribution in [1.82, 2.24) is 4.90 Å². The Morgan fingerprint density at radius 1 is 1.07 bits per heavy atom. The van der Waals surface area contributed by atoms with Gasteiger partial charge in [-0.3, -0.25) is 14.5 Å². The average molecular weight is 624 g/mol. The molecule has 0 atom stereocenters. The molecule has 2 aromatic carbocycles. The lowest BCUT2D eigenvalue weighted by Gasteiger charge is -2.16. The van der Waals surface area contributed by atoms with E-state index in [0.29, 0.717) is 47.0 Å². The Kier molecular flexibility index (Phi) is 9.97. The summed E-state index contributed by atoms with van der Waals surface area (Å²) >= 11 is 2.84. The van der Waals surface area contributed by atoms with E-state index in [1.807, 2.05) is 49.2 Å². The molecule has 0 unspecified atom stereocenters. The summed E-state index contributed by atoms with van der Waals surface area (Å²) in [5.74, 6) is 0.916. The van der Waals surface area contributed by atoms with Crippen molar-refractivity contribution >= 4 is 63.3 Å². The molecule has 2 aliphatic rings. The molecule has 226 valence electrons. The molecule has 13 heteroatoms. The second-order valence-electron chi connectivity index (χ2n) is 9.48. The zero-order valence-electron chi connectivity index (χ0n) is 24.3. The zero-order chi connectivity index (χ0) is 30.3. The van der Waals surface area contributed by atoms with Gasteiger partial charge < -0.3 is 34.2 Å². The number of fused-ring (bicyclic) bond motifs is 1. The molecule has 2 aliphatic heterocycles. The average Bonchev–Trinajstić information content (AvgIpc) is 3.70. The number of carbonyl (C=O) groups excluding carboxylic acids is 2. The van der Waals surface area contributed by atoms with Crippen molar-refractivity contribution in [2.45, 2.75) is 18.4 Å². The molecule has 0 aliphatic carbocycles. The third kappa shape index (κ3) is 7.02. The van der Waals surface area contributed by atoms with Gasteiger partial charge in [-0.05, 0) is 61.2 Å². The van der Waals surface area contributed by atoms with Gasteiger partial charge in [-0.25, -0.2) is 4.99 Å². The number of hydrogen-bond acceptors (Lipinski definition) is 11. The summed E-state index contributed by atoms with van der Waals surface area (Å²) in [6, 6.07) is 14.9. The molecule has 2 N–H and O–H groups in total. The first-order valence-electron chi connectivity index (χ1n) is 13.6. The minimum Gasteiger partial charge on any atom is -0.491 e. The van der Waals surface area contributed by atoms with E-state index in [4.69, 9.17) is 23.6 Å². The lowest BCUT2D eigenvalue weighted by molar-refractivity contribution is -0.123. The largest absolute Gasteiger partial charge is 0.491 e. The van der Waals surface area contributed by atoms with Crippen LogP contribution in [0.25, 0.3) is 0 Å². The number of amidine groups is 1. The van der Waals surface area contributed by atoms with Gasteiger partial charge in [-0.1, -0.05) is 11.8 Å². The molecule has 43 heavy (non-hydrogen) atoms. The van der Waals surface area contributed by atoms with Gasteiger partial charge in [0.25, 0.3) is 5.91 Å². The Morgan fingerprint density at radius 2 is 1.93 bits per heavy atom. The van der Waals surface area contributed by atoms with Gasteiger partial charge in [0.05, 0.1) is 41.5 Å². The van der Waals surface area contributed by atoms with Gasteiger partial charge in [0.1, 0.15) is 29.6 Å². The van der Waals surface area contributed by atoms with Crippen LogP contribution in [-0.4, -0.2) is 69.5 Å². The Balaban J connectivity index is 1.50. The summed E-state index contributed by atoms with van der Waals surface area (Å²) < 4.78 is 21.4. The number of ether oxygens (including phenoxy) is 3. The Labute approximate surface area is 258 Å². The van der Waals surface area contributed by atoms with Gasteiger partial charge in [0.2, 0.25) is 5.91 Å². The molecule has 1 saturated heterocycles. The van der Waals surface area contributed by atoms with Gasteiger partial charge in [-0.2, -0.15) is 0 Å². The Bertz CT molecular complexity index is 1540. The Hall–Kier alpha value is -3.91. The van der Waals surface area contributed by atoms with Gasteiger partial charge >= 0.3 is 0 Å². The molecule has 11 nitrogen and oxygen atoms in total. The van der Waals surface area contributed by atoms with E-state index < -0.39 is 0 Å². The van der Waals surface area contributed by atoms with Crippen LogP contribution in [0.4, 0.5) is 22.7 Å². The summed E-state index contributed by atoms with van der Waals surface area (Å²) in [6.07, 6.45) is 1.58. The van der Waals surface area contributed by atoms with Crippen LogP contribution in [0.15, 0.2) is 79.0 Å². The molecule has 0 bridgehead atoms. The summed E-state index contributed by atoms with van der Waals surface area (Å²) in [4.78, 5) is 36.4. The molecule has 5 rings (SSSR count). The summed E-state index contributed by atoms with van der Waals surface area (Å²) in [5, 5.41) is 7.44. The second kappa shape index (κ2) is 14.0. The number of aliphatic imine (C=N–C) groups is 1. The maximum atomic E-state index is 14.0. The number of amides is 2. The normalized spacial score (nSPS) is 17.1. The van der Waals surface area contributed by atoms with Crippen molar-refractivity contribution in [3.8, 4) is 5.75 Å². The first-order chi connectivity index (χ1) is 20.9. The number of hydrogen-bond donors (Lipinski definition) is 2. The fraction of sp³-hybridized carbons (Fsp3) is 0.300. The summed E-state index contributed by atoms with van der Waals surface area (Å²) in [5.41, 5.74) is 2.87. The van der Waals surface area contributed by atoms with Crippen molar-refractivity contribution < 1.29 is 28.2 Å². The minimum atomic E-state index is -0.276. The van der Waals surface area contributed by atoms with Crippen LogP contribution in [0, 0.1) is 0 Å². The predicted octanol–water partition coefficient (Wildman–Crippen LogP) is 5.50. The quantitative estimate of drug-likeness (QED) is 0.198. The highest BCUT2D eigenvalue weighted by molar-refractivity contribution is 8.19. The number of anilines is 3. The minimum absolute atomic E-state index is 0.0641. The maximum absolute atomic E-state index is 14.0. The van der Waals surface area contributed by atoms with Gasteiger partial charge in [0.15, 0.2) is 5.17 Å². The van der Waals surface area contributed by atoms with Crippen LogP contribution in [0.1, 0.15) is 12.7 Å². The number of nitrogens with zero attached hydrogens (tertiary/aromatic N) is 3. The topological polar surface area (TPSA) is 118 Å². The number of carbonyl (C=O) groups is 2. The number of furan rings is 1. The number of methoxy groups -OCH3 is 2. The molecule has 3 heterocycles. The van der Waals surface area contributed by atoms with Crippen molar-refractivity contribution in [3.05, 3.63) is 70.5 Å². The molecule has 0 saturated carbocycles. The predicted molar refractivity (Wildman–Crippen MR) is 170 cm³/mol. The van der Waals surface area contributed by atoms with Crippen LogP contribution in [-0.2, 0) is 25.6 Å². The highest BCUT2D eigenvalue weighted by Gasteiger charge is 2.40. The van der Waals surface area contributed by atoms with Crippen LogP contribution < -0.4 is 20.3 Å². The van der Waals surface area contributed by atoms with Crippen LogP contribution in [0.2, 0.25) is 0 Å². The van der Waals surface area contributed by atoms with E-state index in [0.717, 1.165) is 27.0 Å². The van der Waals surface area contributed by atoms with Crippen LogP contribution in [0.3, 0.4) is 0 Å². The molecule has 1 fully saturated rings. The number of nitrogens with one attached hydrogen (secondary N) is 2. The monoisotopic (exact) mass is 623 g/mol. The molecule has 0 radical (unpaired) electrons. The van der Waals surface area contributed by atoms with E-state index in [9.17, 15) is 9.59 Å². The van der Waals surface area contributed by atoms with E-state index in [1.165, 1.54) is 30.6 Å². The highest BCUT2D eigenvalue weighted by atomic mass is 32.2. The first-order valence-corrected chi connectivity index (χ1v) is 15.2. The van der Waals surface area contributed by atoms with Gasteiger partial charge in [0, 0.05) is 44.5 Å². The highest BCUT2D eigenvalue weighted by Crippen LogP contribution is 2.51. The molecule has 2 amide bonds. The van der Waals surface area contributed by atoms with E-state index >= 15 is 0 Å². The second-order valence-corrected chi connectivity index (χ2v) is 11.5. The third-order valence-electron chi connectivity index (χ3n) is 6.45. The third-order valence-corrected chi connectivity index (χ3v) is 8.88. The zero-order valence-corrected chi connectivity index (χ0v) is 26.0. The molecule has 0 spiro atoms. The van der Waals surface area contributed by atoms with Crippen LogP contribution in [0.5, 0.6) is 5.75 Å². The van der Waals surface area contributed by atoms with E-state index in [2.05, 4.69) is 10.6 Å². The molecular formula is C30H33N5O6S2. The van der Waals surface area contributed by atoms with E-state index in [1.54, 1.807) is 36.5 Å². The SMILES string of the molecule is CCNc1ccc(NC(=O)COC)cc1N=C1S/C(=C2\Sc3ccc(OCCOC)cc3N2C)C(=O)N1Cc1ccco1. The maximum Gasteiger partial charge on any atom is 0.269 e. The fourth-order valence-corrected chi connectivity index (χ4v) is 6.76. The summed E-state index contributed by atoms with van der Waals surface area (Å²) in [6.45, 7) is 3.75. The Morgan fingerprint density at radius 3 is 2.67 bits per heavy atom. The fourth-order valence-electron chi connectivity index (χ4n) is 4.45.